The Bertz CT molecular complexity index is 372. The smallest absolute Gasteiger partial charge is 0.149 e. The van der Waals surface area contributed by atoms with Gasteiger partial charge in [-0.05, 0) is 43.2 Å². The first-order valence-electron chi connectivity index (χ1n) is 6.28. The van der Waals surface area contributed by atoms with E-state index in [1.807, 2.05) is 0 Å². The van der Waals surface area contributed by atoms with Crippen molar-refractivity contribution >= 4 is 5.69 Å². The zero-order chi connectivity index (χ0) is 12.4. The lowest BCUT2D eigenvalue weighted by atomic mass is 9.79. The van der Waals surface area contributed by atoms with Crippen LogP contribution in [0, 0.1) is 23.5 Å². The lowest BCUT2D eigenvalue weighted by Gasteiger charge is -2.33. The second-order valence-corrected chi connectivity index (χ2v) is 5.21. The van der Waals surface area contributed by atoms with Gasteiger partial charge in [0.2, 0.25) is 0 Å². The molecule has 0 spiro atoms. The molecule has 1 saturated carbocycles. The number of para-hydroxylation sites is 1. The molecule has 94 valence electrons. The molecule has 0 radical (unpaired) electrons. The fraction of sp³-hybridized carbons (Fsp3) is 0.571. The molecule has 1 aromatic carbocycles. The predicted octanol–water partition coefficient (Wildman–Crippen LogP) is 4.20. The summed E-state index contributed by atoms with van der Waals surface area (Å²) in [6.07, 6.45) is 3.09. The molecule has 3 atom stereocenters. The lowest BCUT2D eigenvalue weighted by molar-refractivity contribution is 0.260. The average molecular weight is 239 g/mol. The molecule has 17 heavy (non-hydrogen) atoms. The fourth-order valence-corrected chi connectivity index (χ4v) is 2.52. The van der Waals surface area contributed by atoms with Crippen molar-refractivity contribution in [3.05, 3.63) is 29.8 Å². The van der Waals surface area contributed by atoms with E-state index in [2.05, 4.69) is 19.2 Å². The molecular formula is C14H19F2N. The molecule has 1 aromatic rings. The van der Waals surface area contributed by atoms with Crippen molar-refractivity contribution in [1.82, 2.24) is 0 Å². The van der Waals surface area contributed by atoms with Gasteiger partial charge >= 0.3 is 0 Å². The van der Waals surface area contributed by atoms with E-state index in [0.717, 1.165) is 19.3 Å². The van der Waals surface area contributed by atoms with E-state index in [1.165, 1.54) is 18.2 Å². The fourth-order valence-electron chi connectivity index (χ4n) is 2.52. The van der Waals surface area contributed by atoms with Crippen molar-refractivity contribution in [3.8, 4) is 0 Å². The standard InChI is InChI=1S/C14H19F2N/c1-9-6-7-11(8-10(9)2)17-14-12(15)4-3-5-13(14)16/h3-5,9-11,17H,6-8H2,1-2H3. The minimum atomic E-state index is -0.503. The van der Waals surface area contributed by atoms with Crippen LogP contribution in [0.15, 0.2) is 18.2 Å². The Balaban J connectivity index is 2.06. The molecule has 1 N–H and O–H groups in total. The maximum atomic E-state index is 13.5. The summed E-state index contributed by atoms with van der Waals surface area (Å²) in [5.41, 5.74) is 0.0271. The SMILES string of the molecule is CC1CCC(Nc2c(F)cccc2F)CC1C. The third-order valence-corrected chi connectivity index (χ3v) is 3.91. The van der Waals surface area contributed by atoms with Gasteiger partial charge in [-0.2, -0.15) is 0 Å². The van der Waals surface area contributed by atoms with Crippen LogP contribution in [-0.2, 0) is 0 Å². The first-order valence-corrected chi connectivity index (χ1v) is 6.28. The zero-order valence-corrected chi connectivity index (χ0v) is 10.3. The largest absolute Gasteiger partial charge is 0.378 e. The van der Waals surface area contributed by atoms with Gasteiger partial charge in [-0.1, -0.05) is 19.9 Å². The molecule has 0 saturated heterocycles. The normalized spacial score (nSPS) is 29.1. The summed E-state index contributed by atoms with van der Waals surface area (Å²) < 4.78 is 27.0. The van der Waals surface area contributed by atoms with Crippen molar-refractivity contribution in [2.24, 2.45) is 11.8 Å². The maximum absolute atomic E-state index is 13.5. The molecule has 3 unspecified atom stereocenters. The van der Waals surface area contributed by atoms with Gasteiger partial charge < -0.3 is 5.32 Å². The van der Waals surface area contributed by atoms with Crippen molar-refractivity contribution in [2.45, 2.75) is 39.2 Å². The number of hydrogen-bond donors (Lipinski definition) is 1. The van der Waals surface area contributed by atoms with Gasteiger partial charge in [0.25, 0.3) is 0 Å². The topological polar surface area (TPSA) is 12.0 Å². The van der Waals surface area contributed by atoms with E-state index in [-0.39, 0.29) is 11.7 Å². The van der Waals surface area contributed by atoms with Crippen molar-refractivity contribution < 1.29 is 8.78 Å². The minimum Gasteiger partial charge on any atom is -0.378 e. The highest BCUT2D eigenvalue weighted by atomic mass is 19.1. The van der Waals surface area contributed by atoms with E-state index in [9.17, 15) is 8.78 Å². The number of rotatable bonds is 2. The Morgan fingerprint density at radius 2 is 1.71 bits per heavy atom. The van der Waals surface area contributed by atoms with Gasteiger partial charge in [-0.3, -0.25) is 0 Å². The van der Waals surface area contributed by atoms with Gasteiger partial charge in [0, 0.05) is 6.04 Å². The molecule has 0 aromatic heterocycles. The van der Waals surface area contributed by atoms with Crippen molar-refractivity contribution in [3.63, 3.8) is 0 Å². The number of benzene rings is 1. The predicted molar refractivity (Wildman–Crippen MR) is 65.9 cm³/mol. The molecule has 1 aliphatic rings. The number of hydrogen-bond acceptors (Lipinski definition) is 1. The first kappa shape index (κ1) is 12.3. The van der Waals surface area contributed by atoms with Gasteiger partial charge in [-0.25, -0.2) is 8.78 Å². The molecule has 1 aliphatic carbocycles. The van der Waals surface area contributed by atoms with E-state index in [0.29, 0.717) is 11.8 Å². The summed E-state index contributed by atoms with van der Waals surface area (Å²) in [6, 6.07) is 4.16. The molecular weight excluding hydrogens is 220 g/mol. The van der Waals surface area contributed by atoms with Crippen LogP contribution in [0.25, 0.3) is 0 Å². The molecule has 1 nitrogen and oxygen atoms in total. The third kappa shape index (κ3) is 2.76. The Kier molecular flexibility index (Phi) is 3.65. The highest BCUT2D eigenvalue weighted by Crippen LogP contribution is 2.32. The van der Waals surface area contributed by atoms with E-state index in [1.54, 1.807) is 0 Å². The second kappa shape index (κ2) is 5.03. The molecule has 1 fully saturated rings. The van der Waals surface area contributed by atoms with E-state index in [4.69, 9.17) is 0 Å². The Morgan fingerprint density at radius 1 is 1.06 bits per heavy atom. The summed E-state index contributed by atoms with van der Waals surface area (Å²) in [5.74, 6) is 0.308. The summed E-state index contributed by atoms with van der Waals surface area (Å²) >= 11 is 0. The average Bonchev–Trinajstić information content (AvgIpc) is 2.28. The minimum absolute atomic E-state index is 0.0271. The van der Waals surface area contributed by atoms with Gasteiger partial charge in [0.15, 0.2) is 0 Å². The Labute approximate surface area is 101 Å². The highest BCUT2D eigenvalue weighted by Gasteiger charge is 2.25. The Morgan fingerprint density at radius 3 is 2.29 bits per heavy atom. The first-order chi connectivity index (χ1) is 8.08. The van der Waals surface area contributed by atoms with Crippen LogP contribution in [0.3, 0.4) is 0 Å². The summed E-state index contributed by atoms with van der Waals surface area (Å²) in [7, 11) is 0. The monoisotopic (exact) mass is 239 g/mol. The van der Waals surface area contributed by atoms with Gasteiger partial charge in [0.1, 0.15) is 17.3 Å². The Hall–Kier alpha value is -1.12. The van der Waals surface area contributed by atoms with Crippen LogP contribution >= 0.6 is 0 Å². The molecule has 2 rings (SSSR count). The van der Waals surface area contributed by atoms with Crippen LogP contribution in [-0.4, -0.2) is 6.04 Å². The molecule has 0 amide bonds. The third-order valence-electron chi connectivity index (χ3n) is 3.91. The van der Waals surface area contributed by atoms with Crippen molar-refractivity contribution in [1.29, 1.82) is 0 Å². The summed E-state index contributed by atoms with van der Waals surface area (Å²) in [5, 5.41) is 3.02. The molecule has 0 bridgehead atoms. The van der Waals surface area contributed by atoms with Gasteiger partial charge in [0.05, 0.1) is 0 Å². The van der Waals surface area contributed by atoms with Crippen molar-refractivity contribution in [2.75, 3.05) is 5.32 Å². The lowest BCUT2D eigenvalue weighted by Crippen LogP contribution is -2.31. The summed E-state index contributed by atoms with van der Waals surface area (Å²) in [6.45, 7) is 4.45. The van der Waals surface area contributed by atoms with Crippen LogP contribution in [0.2, 0.25) is 0 Å². The number of nitrogens with one attached hydrogen (secondary N) is 1. The van der Waals surface area contributed by atoms with Crippen LogP contribution in [0.1, 0.15) is 33.1 Å². The van der Waals surface area contributed by atoms with Crippen LogP contribution < -0.4 is 5.32 Å². The maximum Gasteiger partial charge on any atom is 0.149 e. The van der Waals surface area contributed by atoms with Crippen LogP contribution in [0.5, 0.6) is 0 Å². The summed E-state index contributed by atoms with van der Waals surface area (Å²) in [4.78, 5) is 0. The molecule has 0 heterocycles. The van der Waals surface area contributed by atoms with Gasteiger partial charge in [-0.15, -0.1) is 0 Å². The number of anilines is 1. The van der Waals surface area contributed by atoms with E-state index < -0.39 is 11.6 Å². The molecule has 3 heteroatoms. The molecule has 0 aliphatic heterocycles. The highest BCUT2D eigenvalue weighted by molar-refractivity contribution is 5.46. The van der Waals surface area contributed by atoms with Crippen LogP contribution in [0.4, 0.5) is 14.5 Å². The van der Waals surface area contributed by atoms with E-state index >= 15 is 0 Å². The quantitative estimate of drug-likeness (QED) is 0.815. The number of halogens is 2. The zero-order valence-electron chi connectivity index (χ0n) is 10.3. The second-order valence-electron chi connectivity index (χ2n) is 5.21.